The number of nitrogens with zero attached hydrogens (tertiary/aromatic N) is 2. The predicted octanol–water partition coefficient (Wildman–Crippen LogP) is 2.72. The Bertz CT molecular complexity index is 798. The van der Waals surface area contributed by atoms with Crippen molar-refractivity contribution in [2.45, 2.75) is 11.8 Å². The molecule has 102 valence electrons. The Morgan fingerprint density at radius 3 is 2.60 bits per heavy atom. The zero-order valence-corrected chi connectivity index (χ0v) is 12.0. The lowest BCUT2D eigenvalue weighted by Gasteiger charge is -2.11. The minimum absolute atomic E-state index is 0.0724. The molecule has 0 aliphatic rings. The van der Waals surface area contributed by atoms with Crippen LogP contribution in [-0.4, -0.2) is 13.4 Å². The third kappa shape index (κ3) is 2.90. The van der Waals surface area contributed by atoms with Crippen LogP contribution in [0.5, 0.6) is 0 Å². The van der Waals surface area contributed by atoms with Crippen molar-refractivity contribution in [2.75, 3.05) is 4.72 Å². The highest BCUT2D eigenvalue weighted by atomic mass is 35.5. The molecule has 0 unspecified atom stereocenters. The molecule has 5 nitrogen and oxygen atoms in total. The van der Waals surface area contributed by atoms with Crippen LogP contribution in [0.15, 0.2) is 41.3 Å². The van der Waals surface area contributed by atoms with Crippen molar-refractivity contribution >= 4 is 27.3 Å². The quantitative estimate of drug-likeness (QED) is 0.884. The first-order chi connectivity index (χ1) is 9.44. The maximum Gasteiger partial charge on any atom is 0.263 e. The normalized spacial score (nSPS) is 10.8. The summed E-state index contributed by atoms with van der Waals surface area (Å²) in [6.45, 7) is 1.64. The Morgan fingerprint density at radius 2 is 1.95 bits per heavy atom. The van der Waals surface area contributed by atoms with Crippen LogP contribution in [0.2, 0.25) is 5.15 Å². The highest BCUT2D eigenvalue weighted by molar-refractivity contribution is 7.92. The van der Waals surface area contributed by atoms with Crippen molar-refractivity contribution in [1.82, 2.24) is 4.98 Å². The lowest BCUT2D eigenvalue weighted by atomic mass is 10.2. The van der Waals surface area contributed by atoms with E-state index in [-0.39, 0.29) is 15.6 Å². The van der Waals surface area contributed by atoms with Gasteiger partial charge in [-0.05, 0) is 31.2 Å². The number of nitrogens with one attached hydrogen (secondary N) is 1. The van der Waals surface area contributed by atoms with Gasteiger partial charge in [0, 0.05) is 0 Å². The van der Waals surface area contributed by atoms with Gasteiger partial charge in [-0.15, -0.1) is 0 Å². The zero-order chi connectivity index (χ0) is 14.8. The molecule has 0 atom stereocenters. The van der Waals surface area contributed by atoms with Gasteiger partial charge in [-0.1, -0.05) is 23.7 Å². The number of aryl methyl sites for hydroxylation is 1. The number of anilines is 1. The van der Waals surface area contributed by atoms with E-state index in [1.54, 1.807) is 19.1 Å². The molecule has 0 saturated heterocycles. The van der Waals surface area contributed by atoms with Crippen LogP contribution in [0.25, 0.3) is 0 Å². The van der Waals surface area contributed by atoms with Crippen molar-refractivity contribution in [3.05, 3.63) is 52.8 Å². The topological polar surface area (TPSA) is 82.8 Å². The van der Waals surface area contributed by atoms with Gasteiger partial charge in [0.1, 0.15) is 16.1 Å². The monoisotopic (exact) mass is 307 g/mol. The summed E-state index contributed by atoms with van der Waals surface area (Å²) in [6.07, 6.45) is 0. The first-order valence-electron chi connectivity index (χ1n) is 5.59. The van der Waals surface area contributed by atoms with Crippen LogP contribution in [0.4, 0.5) is 5.69 Å². The minimum Gasteiger partial charge on any atom is -0.278 e. The lowest BCUT2D eigenvalue weighted by Crippen LogP contribution is -2.15. The summed E-state index contributed by atoms with van der Waals surface area (Å²) in [6, 6.07) is 10.9. The fourth-order valence-corrected chi connectivity index (χ4v) is 3.10. The maximum absolute atomic E-state index is 12.3. The average molecular weight is 308 g/mol. The number of aromatic nitrogens is 1. The molecule has 0 fully saturated rings. The SMILES string of the molecule is Cc1nc(Cl)ccc1NS(=O)(=O)c1ccccc1C#N. The van der Waals surface area contributed by atoms with Gasteiger partial charge in [0.25, 0.3) is 10.0 Å². The zero-order valence-electron chi connectivity index (χ0n) is 10.5. The molecule has 1 N–H and O–H groups in total. The third-order valence-electron chi connectivity index (χ3n) is 2.59. The maximum atomic E-state index is 12.3. The van der Waals surface area contributed by atoms with Crippen LogP contribution in [0.1, 0.15) is 11.3 Å². The van der Waals surface area contributed by atoms with Gasteiger partial charge in [0.05, 0.1) is 16.9 Å². The van der Waals surface area contributed by atoms with E-state index in [1.807, 2.05) is 6.07 Å². The molecule has 0 saturated carbocycles. The standard InChI is InChI=1S/C13H10ClN3O2S/c1-9-11(6-7-13(14)16-9)17-20(18,19)12-5-3-2-4-10(12)8-15/h2-7,17H,1H3. The highest BCUT2D eigenvalue weighted by Crippen LogP contribution is 2.22. The van der Waals surface area contributed by atoms with E-state index in [0.29, 0.717) is 11.4 Å². The highest BCUT2D eigenvalue weighted by Gasteiger charge is 2.19. The second-order valence-corrected chi connectivity index (χ2v) is 6.02. The number of halogens is 1. The first kappa shape index (κ1) is 14.3. The summed E-state index contributed by atoms with van der Waals surface area (Å²) in [5.41, 5.74) is 0.859. The number of hydrogen-bond donors (Lipinski definition) is 1. The molecule has 1 aromatic heterocycles. The van der Waals surface area contributed by atoms with Gasteiger partial charge < -0.3 is 0 Å². The molecule has 0 aliphatic heterocycles. The molecular weight excluding hydrogens is 298 g/mol. The number of hydrogen-bond acceptors (Lipinski definition) is 4. The first-order valence-corrected chi connectivity index (χ1v) is 7.45. The molecule has 7 heteroatoms. The van der Waals surface area contributed by atoms with Crippen LogP contribution in [-0.2, 0) is 10.0 Å². The van der Waals surface area contributed by atoms with Crippen molar-refractivity contribution in [3.63, 3.8) is 0 Å². The van der Waals surface area contributed by atoms with Crippen LogP contribution < -0.4 is 4.72 Å². The fraction of sp³-hybridized carbons (Fsp3) is 0.0769. The van der Waals surface area contributed by atoms with E-state index in [0.717, 1.165) is 0 Å². The predicted molar refractivity (Wildman–Crippen MR) is 75.9 cm³/mol. The number of sulfonamides is 1. The summed E-state index contributed by atoms with van der Waals surface area (Å²) in [5.74, 6) is 0. The summed E-state index contributed by atoms with van der Waals surface area (Å²) in [4.78, 5) is 3.90. The second kappa shape index (κ2) is 5.49. The van der Waals surface area contributed by atoms with E-state index in [9.17, 15) is 8.42 Å². The number of benzene rings is 1. The Hall–Kier alpha value is -2.10. The van der Waals surface area contributed by atoms with Gasteiger partial charge in [0.2, 0.25) is 0 Å². The lowest BCUT2D eigenvalue weighted by molar-refractivity contribution is 0.601. The molecule has 2 aromatic rings. The summed E-state index contributed by atoms with van der Waals surface area (Å²) in [7, 11) is -3.85. The molecular formula is C13H10ClN3O2S. The average Bonchev–Trinajstić information content (AvgIpc) is 2.42. The summed E-state index contributed by atoms with van der Waals surface area (Å²) < 4.78 is 27.0. The molecule has 0 aliphatic carbocycles. The van der Waals surface area contributed by atoms with E-state index in [4.69, 9.17) is 16.9 Å². The Kier molecular flexibility index (Phi) is 3.93. The van der Waals surface area contributed by atoms with E-state index in [2.05, 4.69) is 9.71 Å². The summed E-state index contributed by atoms with van der Waals surface area (Å²) in [5, 5.41) is 9.25. The van der Waals surface area contributed by atoms with Crippen molar-refractivity contribution in [2.24, 2.45) is 0 Å². The van der Waals surface area contributed by atoms with Gasteiger partial charge >= 0.3 is 0 Å². The number of rotatable bonds is 3. The molecule has 1 aromatic carbocycles. The third-order valence-corrected chi connectivity index (χ3v) is 4.23. The molecule has 0 radical (unpaired) electrons. The molecule has 20 heavy (non-hydrogen) atoms. The molecule has 2 rings (SSSR count). The van der Waals surface area contributed by atoms with Crippen molar-refractivity contribution in [3.8, 4) is 6.07 Å². The van der Waals surface area contributed by atoms with Crippen LogP contribution >= 0.6 is 11.6 Å². The fourth-order valence-electron chi connectivity index (χ4n) is 1.63. The Morgan fingerprint density at radius 1 is 1.25 bits per heavy atom. The Balaban J connectivity index is 2.44. The van der Waals surface area contributed by atoms with Gasteiger partial charge in [-0.25, -0.2) is 13.4 Å². The van der Waals surface area contributed by atoms with Crippen LogP contribution in [0.3, 0.4) is 0 Å². The molecule has 1 heterocycles. The summed E-state index contributed by atoms with van der Waals surface area (Å²) >= 11 is 5.72. The van der Waals surface area contributed by atoms with Gasteiger partial charge in [0.15, 0.2) is 0 Å². The molecule has 0 spiro atoms. The largest absolute Gasteiger partial charge is 0.278 e. The van der Waals surface area contributed by atoms with E-state index >= 15 is 0 Å². The molecule has 0 bridgehead atoms. The molecule has 0 amide bonds. The Labute approximate surface area is 121 Å². The van der Waals surface area contributed by atoms with E-state index < -0.39 is 10.0 Å². The van der Waals surface area contributed by atoms with Crippen LogP contribution in [0, 0.1) is 18.3 Å². The second-order valence-electron chi connectivity index (χ2n) is 3.98. The van der Waals surface area contributed by atoms with Crippen molar-refractivity contribution in [1.29, 1.82) is 5.26 Å². The number of pyridine rings is 1. The minimum atomic E-state index is -3.85. The van der Waals surface area contributed by atoms with Gasteiger partial charge in [-0.3, -0.25) is 4.72 Å². The smallest absolute Gasteiger partial charge is 0.263 e. The number of nitriles is 1. The van der Waals surface area contributed by atoms with E-state index in [1.165, 1.54) is 24.3 Å². The van der Waals surface area contributed by atoms with Crippen molar-refractivity contribution < 1.29 is 8.42 Å². The van der Waals surface area contributed by atoms with Gasteiger partial charge in [-0.2, -0.15) is 5.26 Å².